The fourth-order valence-electron chi connectivity index (χ4n) is 8.22. The van der Waals surface area contributed by atoms with Crippen LogP contribution in [0.3, 0.4) is 0 Å². The molecule has 4 saturated carbocycles. The minimum atomic E-state index is -0.542. The van der Waals surface area contributed by atoms with Crippen LogP contribution in [-0.2, 0) is 20.1 Å². The van der Waals surface area contributed by atoms with Gasteiger partial charge in [-0.2, -0.15) is 4.18 Å². The summed E-state index contributed by atoms with van der Waals surface area (Å²) in [6, 6.07) is 0. The largest absolute Gasteiger partial charge is 0.478 e. The summed E-state index contributed by atoms with van der Waals surface area (Å²) in [4.78, 5) is 4.80. The second-order valence-electron chi connectivity index (χ2n) is 16.2. The van der Waals surface area contributed by atoms with Gasteiger partial charge < -0.3 is 14.9 Å². The molecule has 5 aliphatic rings. The van der Waals surface area contributed by atoms with E-state index in [4.69, 9.17) is 13.9 Å². The first kappa shape index (κ1) is 33.0. The molecule has 1 heterocycles. The van der Waals surface area contributed by atoms with E-state index < -0.39 is 12.2 Å². The SMILES string of the molecule is C=C1/C(=C\C=C2/CCC[C@]3(C)[C@@H]([C@H](C)/C=C/[C@@H](O)C4(C5=NC(C)(C)CO5)CC4)CC[C@@H]23)C[C@@H](O[S+](C)C(C)(C)C)C[C@@H]1O. The van der Waals surface area contributed by atoms with Crippen molar-refractivity contribution in [3.8, 4) is 0 Å². The molecule has 6 heteroatoms. The van der Waals surface area contributed by atoms with Crippen molar-refractivity contribution in [3.63, 3.8) is 0 Å². The third-order valence-corrected chi connectivity index (χ3v) is 13.7. The van der Waals surface area contributed by atoms with Gasteiger partial charge in [0.1, 0.15) is 30.1 Å². The van der Waals surface area contributed by atoms with Crippen molar-refractivity contribution in [3.05, 3.63) is 47.6 Å². The zero-order chi connectivity index (χ0) is 31.4. The van der Waals surface area contributed by atoms with Crippen molar-refractivity contribution in [2.24, 2.45) is 33.6 Å². The molecule has 0 aromatic heterocycles. The van der Waals surface area contributed by atoms with Gasteiger partial charge in [-0.3, -0.25) is 0 Å². The maximum atomic E-state index is 11.2. The van der Waals surface area contributed by atoms with E-state index in [1.54, 1.807) is 5.57 Å². The van der Waals surface area contributed by atoms with E-state index in [1.165, 1.54) is 25.7 Å². The number of allylic oxidation sites excluding steroid dienone is 4. The fourth-order valence-corrected chi connectivity index (χ4v) is 9.07. The van der Waals surface area contributed by atoms with Crippen LogP contribution in [0, 0.1) is 28.6 Å². The molecule has 0 amide bonds. The van der Waals surface area contributed by atoms with Gasteiger partial charge >= 0.3 is 0 Å². The third kappa shape index (κ3) is 6.78. The van der Waals surface area contributed by atoms with Gasteiger partial charge in [0.2, 0.25) is 0 Å². The second-order valence-corrected chi connectivity index (χ2v) is 18.5. The Kier molecular flexibility index (Phi) is 9.31. The van der Waals surface area contributed by atoms with Crippen LogP contribution in [0.25, 0.3) is 0 Å². The summed E-state index contributed by atoms with van der Waals surface area (Å²) < 4.78 is 12.5. The highest BCUT2D eigenvalue weighted by Gasteiger charge is 2.56. The maximum Gasteiger partial charge on any atom is 0.193 e. The molecular formula is C37H58NO4S+. The molecule has 0 spiro atoms. The van der Waals surface area contributed by atoms with E-state index in [0.29, 0.717) is 30.8 Å². The Morgan fingerprint density at radius 2 is 1.84 bits per heavy atom. The molecule has 0 aromatic carbocycles. The van der Waals surface area contributed by atoms with Gasteiger partial charge in [-0.05, 0) is 114 Å². The lowest BCUT2D eigenvalue weighted by atomic mass is 9.61. The van der Waals surface area contributed by atoms with Gasteiger partial charge in [0.25, 0.3) is 0 Å². The van der Waals surface area contributed by atoms with Crippen molar-refractivity contribution in [2.75, 3.05) is 12.9 Å². The normalized spacial score (nSPS) is 37.7. The average Bonchev–Trinajstić information content (AvgIpc) is 3.54. The Hall–Kier alpha value is -1.34. The highest BCUT2D eigenvalue weighted by atomic mass is 32.2. The quantitative estimate of drug-likeness (QED) is 0.218. The Labute approximate surface area is 264 Å². The summed E-state index contributed by atoms with van der Waals surface area (Å²) in [6.07, 6.45) is 19.5. The molecule has 0 radical (unpaired) electrons. The fraction of sp³-hybridized carbons (Fsp3) is 0.757. The van der Waals surface area contributed by atoms with Gasteiger partial charge in [-0.1, -0.05) is 50.3 Å². The Morgan fingerprint density at radius 1 is 1.12 bits per heavy atom. The number of aliphatic hydroxyl groups excluding tert-OH is 2. The summed E-state index contributed by atoms with van der Waals surface area (Å²) >= 11 is -0.179. The molecule has 5 rings (SSSR count). The Morgan fingerprint density at radius 3 is 2.47 bits per heavy atom. The topological polar surface area (TPSA) is 71.3 Å². The van der Waals surface area contributed by atoms with Crippen LogP contribution in [0.4, 0.5) is 0 Å². The molecular weight excluding hydrogens is 554 g/mol. The zero-order valence-electron chi connectivity index (χ0n) is 28.1. The van der Waals surface area contributed by atoms with E-state index in [9.17, 15) is 10.2 Å². The summed E-state index contributed by atoms with van der Waals surface area (Å²) in [5, 5.41) is 22.1. The predicted octanol–water partition coefficient (Wildman–Crippen LogP) is 7.65. The van der Waals surface area contributed by atoms with Crippen molar-refractivity contribution in [2.45, 2.75) is 135 Å². The molecule has 5 nitrogen and oxygen atoms in total. The van der Waals surface area contributed by atoms with E-state index in [0.717, 1.165) is 42.7 Å². The summed E-state index contributed by atoms with van der Waals surface area (Å²) in [7, 11) is 0. The van der Waals surface area contributed by atoms with Crippen LogP contribution in [0.2, 0.25) is 0 Å². The highest BCUT2D eigenvalue weighted by Crippen LogP contribution is 2.60. The number of nitrogens with zero attached hydrogens (tertiary/aromatic N) is 1. The number of aliphatic imine (C=N–C) groups is 1. The Bertz CT molecular complexity index is 1190. The van der Waals surface area contributed by atoms with Gasteiger partial charge in [0, 0.05) is 12.8 Å². The molecule has 4 aliphatic carbocycles. The van der Waals surface area contributed by atoms with Crippen LogP contribution < -0.4 is 0 Å². The lowest BCUT2D eigenvalue weighted by Crippen LogP contribution is -2.36. The zero-order valence-corrected chi connectivity index (χ0v) is 28.9. The minimum absolute atomic E-state index is 0.0294. The molecule has 1 unspecified atom stereocenters. The van der Waals surface area contributed by atoms with Crippen molar-refractivity contribution in [1.82, 2.24) is 0 Å². The number of fused-ring (bicyclic) bond motifs is 1. The van der Waals surface area contributed by atoms with Crippen molar-refractivity contribution in [1.29, 1.82) is 0 Å². The molecule has 4 fully saturated rings. The molecule has 2 N–H and O–H groups in total. The van der Waals surface area contributed by atoms with Gasteiger partial charge in [-0.15, -0.1) is 0 Å². The van der Waals surface area contributed by atoms with E-state index in [1.807, 2.05) is 0 Å². The van der Waals surface area contributed by atoms with Crippen LogP contribution in [-0.4, -0.2) is 57.6 Å². The summed E-state index contributed by atoms with van der Waals surface area (Å²) in [5.41, 5.74) is 3.31. The van der Waals surface area contributed by atoms with Crippen molar-refractivity contribution < 1.29 is 19.1 Å². The first-order valence-corrected chi connectivity index (χ1v) is 18.3. The smallest absolute Gasteiger partial charge is 0.193 e. The molecule has 1 aliphatic heterocycles. The number of aliphatic hydroxyl groups is 2. The van der Waals surface area contributed by atoms with E-state index in [-0.39, 0.29) is 38.4 Å². The van der Waals surface area contributed by atoms with Gasteiger partial charge in [0.05, 0.1) is 23.2 Å². The first-order valence-electron chi connectivity index (χ1n) is 16.8. The maximum absolute atomic E-state index is 11.2. The monoisotopic (exact) mass is 612 g/mol. The van der Waals surface area contributed by atoms with E-state index >= 15 is 0 Å². The summed E-state index contributed by atoms with van der Waals surface area (Å²) in [5.74, 6) is 2.34. The van der Waals surface area contributed by atoms with Crippen LogP contribution >= 0.6 is 0 Å². The van der Waals surface area contributed by atoms with Crippen molar-refractivity contribution >= 4 is 17.1 Å². The molecule has 240 valence electrons. The summed E-state index contributed by atoms with van der Waals surface area (Å²) in [6.45, 7) is 20.6. The number of hydrogen-bond donors (Lipinski definition) is 2. The molecule has 8 atom stereocenters. The highest BCUT2D eigenvalue weighted by molar-refractivity contribution is 7.93. The standard InChI is InChI=1S/C37H58NO4S/c1-24(12-17-32(40)37(19-20-37)33-38-35(6,7)23-41-33)29-15-16-30-26(11-10-18-36(29,30)8)13-14-27-21-28(22-31(39)25(27)2)42-43(9)34(3,4)5/h12-14,17,24,28-32,39-40H,2,10-11,15-16,18-23H2,1,3-9H3/q+1/b17-12+,26-13+,27-14-/t24-,28-,29-,30+,31+,32-,36-,43?/m1/s1. The molecule has 0 bridgehead atoms. The van der Waals surface area contributed by atoms with Crippen LogP contribution in [0.1, 0.15) is 106 Å². The third-order valence-electron chi connectivity index (χ3n) is 11.4. The number of ether oxygens (including phenoxy) is 1. The molecule has 43 heavy (non-hydrogen) atoms. The average molecular weight is 613 g/mol. The van der Waals surface area contributed by atoms with Crippen LogP contribution in [0.15, 0.2) is 52.6 Å². The molecule has 0 aromatic rings. The second kappa shape index (κ2) is 12.1. The lowest BCUT2D eigenvalue weighted by molar-refractivity contribution is 0.110. The van der Waals surface area contributed by atoms with Gasteiger partial charge in [-0.25, -0.2) is 4.99 Å². The van der Waals surface area contributed by atoms with E-state index in [2.05, 4.69) is 85.6 Å². The molecule has 0 saturated heterocycles. The number of rotatable bonds is 8. The minimum Gasteiger partial charge on any atom is -0.478 e. The first-order chi connectivity index (χ1) is 20.1. The Balaban J connectivity index is 1.26. The van der Waals surface area contributed by atoms with Gasteiger partial charge in [0.15, 0.2) is 10.6 Å². The van der Waals surface area contributed by atoms with Crippen LogP contribution in [0.5, 0.6) is 0 Å². The predicted molar refractivity (Wildman–Crippen MR) is 180 cm³/mol. The lowest BCUT2D eigenvalue weighted by Gasteiger charge is -2.44. The number of hydrogen-bond acceptors (Lipinski definition) is 5.